The lowest BCUT2D eigenvalue weighted by Gasteiger charge is -2.21. The van der Waals surface area contributed by atoms with Gasteiger partial charge in [0.15, 0.2) is 5.95 Å². The number of carboxylic acids is 1. The van der Waals surface area contributed by atoms with Gasteiger partial charge in [-0.1, -0.05) is 19.4 Å². The van der Waals surface area contributed by atoms with Crippen LogP contribution in [0.5, 0.6) is 0 Å². The van der Waals surface area contributed by atoms with Gasteiger partial charge in [-0.25, -0.2) is 0 Å². The molecular formula is C18H20FNO3. The van der Waals surface area contributed by atoms with Crippen molar-refractivity contribution >= 4 is 17.3 Å². The summed E-state index contributed by atoms with van der Waals surface area (Å²) in [6.45, 7) is 3.71. The predicted molar refractivity (Wildman–Crippen MR) is 84.4 cm³/mol. The first-order chi connectivity index (χ1) is 11.0. The number of pyridine rings is 1. The van der Waals surface area contributed by atoms with Gasteiger partial charge in [0.1, 0.15) is 5.78 Å². The quantitative estimate of drug-likeness (QED) is 0.875. The van der Waals surface area contributed by atoms with Gasteiger partial charge in [0, 0.05) is 12.1 Å². The van der Waals surface area contributed by atoms with E-state index >= 15 is 0 Å². The van der Waals surface area contributed by atoms with Crippen LogP contribution in [0.15, 0.2) is 18.2 Å². The summed E-state index contributed by atoms with van der Waals surface area (Å²) >= 11 is 0. The molecule has 2 aromatic heterocycles. The third-order valence-electron chi connectivity index (χ3n) is 4.83. The van der Waals surface area contributed by atoms with Crippen molar-refractivity contribution in [2.75, 3.05) is 0 Å². The van der Waals surface area contributed by atoms with E-state index in [9.17, 15) is 19.1 Å². The molecule has 2 aromatic rings. The maximum Gasteiger partial charge on any atom is 0.311 e. The molecule has 1 aliphatic rings. The highest BCUT2D eigenvalue weighted by Gasteiger charge is 2.35. The number of hydrogen-bond donors (Lipinski definition) is 1. The van der Waals surface area contributed by atoms with Crippen molar-refractivity contribution in [1.29, 1.82) is 0 Å². The van der Waals surface area contributed by atoms with Gasteiger partial charge in [0.25, 0.3) is 0 Å². The number of aromatic nitrogens is 1. The highest BCUT2D eigenvalue weighted by Crippen LogP contribution is 2.40. The molecule has 0 aliphatic heterocycles. The molecule has 0 spiro atoms. The van der Waals surface area contributed by atoms with Crippen LogP contribution in [0.1, 0.15) is 61.8 Å². The van der Waals surface area contributed by atoms with E-state index in [1.807, 2.05) is 6.92 Å². The Labute approximate surface area is 133 Å². The fraction of sp³-hybridized carbons (Fsp3) is 0.444. The van der Waals surface area contributed by atoms with Crippen molar-refractivity contribution in [3.63, 3.8) is 0 Å². The maximum atomic E-state index is 14.4. The molecule has 3 rings (SSSR count). The first kappa shape index (κ1) is 15.7. The van der Waals surface area contributed by atoms with Crippen molar-refractivity contribution < 1.29 is 19.1 Å². The number of rotatable bonds is 4. The second-order valence-corrected chi connectivity index (χ2v) is 6.21. The second kappa shape index (κ2) is 5.80. The summed E-state index contributed by atoms with van der Waals surface area (Å²) in [5.74, 6) is -2.34. The number of nitrogens with zero attached hydrogens (tertiary/aromatic N) is 1. The number of hydrogen-bond acceptors (Lipinski definition) is 2. The summed E-state index contributed by atoms with van der Waals surface area (Å²) in [5, 5.41) is 9.65. The summed E-state index contributed by atoms with van der Waals surface area (Å²) in [6, 6.07) is 4.69. The summed E-state index contributed by atoms with van der Waals surface area (Å²) in [6.07, 6.45) is 2.10. The molecule has 2 unspecified atom stereocenters. The topological polar surface area (TPSA) is 58.8 Å². The lowest BCUT2D eigenvalue weighted by molar-refractivity contribution is -0.139. The molecule has 0 saturated carbocycles. The van der Waals surface area contributed by atoms with Crippen molar-refractivity contribution in [3.05, 3.63) is 41.0 Å². The SMILES string of the molecule is CCCC(C(=O)O)c1c2c(n3c(F)cccc13)C(C)C(=O)CC2. The van der Waals surface area contributed by atoms with Gasteiger partial charge in [0.2, 0.25) is 0 Å². The first-order valence-electron chi connectivity index (χ1n) is 8.04. The molecule has 0 aromatic carbocycles. The van der Waals surface area contributed by atoms with Gasteiger partial charge >= 0.3 is 5.97 Å². The summed E-state index contributed by atoms with van der Waals surface area (Å²) in [5.41, 5.74) is 2.75. The Hall–Kier alpha value is -2.17. The molecule has 2 atom stereocenters. The summed E-state index contributed by atoms with van der Waals surface area (Å²) in [4.78, 5) is 23.9. The standard InChI is InChI=1S/C18H20FNO3/c1-3-5-12(18(22)23)16-11-8-9-14(21)10(2)17(11)20-13(16)6-4-7-15(20)19/h4,6-7,10,12H,3,5,8-9H2,1-2H3,(H,22,23). The van der Waals surface area contributed by atoms with Crippen LogP contribution in [0.2, 0.25) is 0 Å². The predicted octanol–water partition coefficient (Wildman–Crippen LogP) is 3.67. The van der Waals surface area contributed by atoms with Gasteiger partial charge in [-0.3, -0.25) is 14.0 Å². The Morgan fingerprint density at radius 3 is 2.83 bits per heavy atom. The Morgan fingerprint density at radius 2 is 2.17 bits per heavy atom. The Bertz CT molecular complexity index is 793. The minimum Gasteiger partial charge on any atom is -0.481 e. The van der Waals surface area contributed by atoms with E-state index in [-0.39, 0.29) is 5.78 Å². The molecule has 0 bridgehead atoms. The van der Waals surface area contributed by atoms with Crippen LogP contribution >= 0.6 is 0 Å². The lowest BCUT2D eigenvalue weighted by atomic mass is 9.82. The number of carboxylic acid groups (broad SMARTS) is 1. The Kier molecular flexibility index (Phi) is 3.96. The molecule has 4 nitrogen and oxygen atoms in total. The number of carbonyl (C=O) groups is 2. The Morgan fingerprint density at radius 1 is 1.43 bits per heavy atom. The lowest BCUT2D eigenvalue weighted by Crippen LogP contribution is -2.21. The molecule has 0 saturated heterocycles. The van der Waals surface area contributed by atoms with E-state index in [1.165, 1.54) is 10.5 Å². The van der Waals surface area contributed by atoms with Crippen molar-refractivity contribution in [1.82, 2.24) is 4.40 Å². The van der Waals surface area contributed by atoms with E-state index in [0.29, 0.717) is 36.0 Å². The molecule has 0 fully saturated rings. The van der Waals surface area contributed by atoms with Crippen LogP contribution < -0.4 is 0 Å². The van der Waals surface area contributed by atoms with Gasteiger partial charge < -0.3 is 5.11 Å². The van der Waals surface area contributed by atoms with E-state index in [2.05, 4.69) is 0 Å². The highest BCUT2D eigenvalue weighted by molar-refractivity contribution is 5.90. The molecule has 5 heteroatoms. The van der Waals surface area contributed by atoms with Crippen LogP contribution in [0.25, 0.3) is 5.52 Å². The summed E-state index contributed by atoms with van der Waals surface area (Å²) < 4.78 is 15.9. The normalized spacial score (nSPS) is 18.9. The van der Waals surface area contributed by atoms with Crippen molar-refractivity contribution in [2.45, 2.75) is 51.4 Å². The minimum absolute atomic E-state index is 0.0778. The Balaban J connectivity index is 2.37. The van der Waals surface area contributed by atoms with Gasteiger partial charge in [-0.2, -0.15) is 4.39 Å². The monoisotopic (exact) mass is 317 g/mol. The van der Waals surface area contributed by atoms with Crippen LogP contribution in [0.4, 0.5) is 4.39 Å². The molecule has 23 heavy (non-hydrogen) atoms. The van der Waals surface area contributed by atoms with Crippen molar-refractivity contribution in [3.8, 4) is 0 Å². The van der Waals surface area contributed by atoms with Crippen LogP contribution in [-0.2, 0) is 16.0 Å². The first-order valence-corrected chi connectivity index (χ1v) is 8.04. The van der Waals surface area contributed by atoms with Gasteiger partial charge in [-0.15, -0.1) is 0 Å². The maximum absolute atomic E-state index is 14.4. The van der Waals surface area contributed by atoms with E-state index < -0.39 is 23.8 Å². The molecule has 122 valence electrons. The zero-order valence-corrected chi connectivity index (χ0v) is 13.3. The zero-order valence-electron chi connectivity index (χ0n) is 13.3. The van der Waals surface area contributed by atoms with Gasteiger partial charge in [-0.05, 0) is 43.0 Å². The zero-order chi connectivity index (χ0) is 16.7. The fourth-order valence-corrected chi connectivity index (χ4v) is 3.77. The minimum atomic E-state index is -0.893. The van der Waals surface area contributed by atoms with Gasteiger partial charge in [0.05, 0.1) is 17.4 Å². The van der Waals surface area contributed by atoms with E-state index in [0.717, 1.165) is 12.0 Å². The number of fused-ring (bicyclic) bond motifs is 3. The number of carbonyl (C=O) groups excluding carboxylic acids is 1. The van der Waals surface area contributed by atoms with E-state index in [4.69, 9.17) is 0 Å². The number of ketones is 1. The summed E-state index contributed by atoms with van der Waals surface area (Å²) in [7, 11) is 0. The average Bonchev–Trinajstić information content (AvgIpc) is 2.84. The molecule has 1 aliphatic carbocycles. The van der Waals surface area contributed by atoms with Crippen LogP contribution in [0, 0.1) is 5.95 Å². The average molecular weight is 317 g/mol. The highest BCUT2D eigenvalue weighted by atomic mass is 19.1. The van der Waals surface area contributed by atoms with E-state index in [1.54, 1.807) is 19.1 Å². The molecule has 0 amide bonds. The fourth-order valence-electron chi connectivity index (χ4n) is 3.77. The largest absolute Gasteiger partial charge is 0.481 e. The smallest absolute Gasteiger partial charge is 0.311 e. The van der Waals surface area contributed by atoms with Crippen LogP contribution in [-0.4, -0.2) is 21.3 Å². The van der Waals surface area contributed by atoms with Crippen LogP contribution in [0.3, 0.4) is 0 Å². The van der Waals surface area contributed by atoms with Crippen molar-refractivity contribution in [2.24, 2.45) is 0 Å². The third-order valence-corrected chi connectivity index (χ3v) is 4.83. The number of Topliss-reactive ketones (excluding diaryl/α,β-unsaturated/α-hetero) is 1. The number of halogens is 1. The third kappa shape index (κ3) is 2.35. The molecule has 1 N–H and O–H groups in total. The molecular weight excluding hydrogens is 297 g/mol. The molecule has 0 radical (unpaired) electrons. The second-order valence-electron chi connectivity index (χ2n) is 6.21. The molecule has 2 heterocycles. The number of aliphatic carboxylic acids is 1.